The van der Waals surface area contributed by atoms with Crippen molar-refractivity contribution in [1.29, 1.82) is 0 Å². The summed E-state index contributed by atoms with van der Waals surface area (Å²) in [5.74, 6) is 0.203. The Morgan fingerprint density at radius 2 is 1.72 bits per heavy atom. The Kier molecular flexibility index (Phi) is 5.76. The first kappa shape index (κ1) is 19.4. The number of nitrogens with zero attached hydrogens (tertiary/aromatic N) is 3. The molecule has 3 amide bonds. The molecule has 0 spiro atoms. The fraction of sp³-hybridized carbons (Fsp3) is 0.364. The van der Waals surface area contributed by atoms with Gasteiger partial charge in [0.1, 0.15) is 24.2 Å². The van der Waals surface area contributed by atoms with E-state index in [1.807, 2.05) is 30.3 Å². The molecule has 2 saturated heterocycles. The zero-order valence-corrected chi connectivity index (χ0v) is 16.2. The Bertz CT molecular complexity index is 859. The van der Waals surface area contributed by atoms with Gasteiger partial charge in [0, 0.05) is 32.7 Å². The summed E-state index contributed by atoms with van der Waals surface area (Å²) >= 11 is 0. The molecule has 2 heterocycles. The number of hydrogen-bond acceptors (Lipinski definition) is 4. The van der Waals surface area contributed by atoms with Crippen molar-refractivity contribution >= 4 is 11.9 Å². The van der Waals surface area contributed by atoms with Crippen molar-refractivity contribution in [1.82, 2.24) is 14.7 Å². The zero-order valence-electron chi connectivity index (χ0n) is 16.2. The monoisotopic (exact) mass is 397 g/mol. The van der Waals surface area contributed by atoms with E-state index in [1.165, 1.54) is 17.0 Å². The van der Waals surface area contributed by atoms with E-state index in [0.29, 0.717) is 51.5 Å². The number of hydrogen-bond donors (Lipinski definition) is 0. The number of amides is 3. The van der Waals surface area contributed by atoms with Crippen molar-refractivity contribution in [2.24, 2.45) is 0 Å². The van der Waals surface area contributed by atoms with Crippen LogP contribution in [0.15, 0.2) is 54.6 Å². The third-order valence-electron chi connectivity index (χ3n) is 5.45. The molecule has 0 aliphatic carbocycles. The standard InChI is InChI=1S/C22H24FN3O3/c23-18-6-8-19(9-7-18)29-15-14-24-12-13-25-20(16-24)21(27)26(22(25)28)11-10-17-4-2-1-3-5-17/h1-9,20H,10-16H2. The van der Waals surface area contributed by atoms with Gasteiger partial charge in [0.25, 0.3) is 5.91 Å². The van der Waals surface area contributed by atoms with Crippen LogP contribution in [0.1, 0.15) is 5.56 Å². The lowest BCUT2D eigenvalue weighted by Crippen LogP contribution is -2.53. The first-order valence-electron chi connectivity index (χ1n) is 9.88. The molecule has 1 atom stereocenters. The van der Waals surface area contributed by atoms with E-state index in [0.717, 1.165) is 5.56 Å². The summed E-state index contributed by atoms with van der Waals surface area (Å²) in [5.41, 5.74) is 1.11. The molecule has 0 bridgehead atoms. The maximum absolute atomic E-state index is 12.9. The van der Waals surface area contributed by atoms with E-state index in [4.69, 9.17) is 4.74 Å². The van der Waals surface area contributed by atoms with Gasteiger partial charge < -0.3 is 9.64 Å². The molecule has 0 N–H and O–H groups in total. The smallest absolute Gasteiger partial charge is 0.327 e. The van der Waals surface area contributed by atoms with Crippen LogP contribution in [0, 0.1) is 5.82 Å². The van der Waals surface area contributed by atoms with Crippen LogP contribution in [-0.2, 0) is 11.2 Å². The Labute approximate surface area is 169 Å². The minimum atomic E-state index is -0.419. The Morgan fingerprint density at radius 1 is 0.966 bits per heavy atom. The molecule has 0 aromatic heterocycles. The summed E-state index contributed by atoms with van der Waals surface area (Å²) in [6.07, 6.45) is 0.661. The number of urea groups is 1. The first-order chi connectivity index (χ1) is 14.1. The zero-order chi connectivity index (χ0) is 20.2. The molecule has 1 unspecified atom stereocenters. The van der Waals surface area contributed by atoms with Crippen LogP contribution in [0.3, 0.4) is 0 Å². The van der Waals surface area contributed by atoms with E-state index in [2.05, 4.69) is 4.90 Å². The van der Waals surface area contributed by atoms with Gasteiger partial charge in [-0.25, -0.2) is 9.18 Å². The van der Waals surface area contributed by atoms with Gasteiger partial charge in [-0.3, -0.25) is 14.6 Å². The summed E-state index contributed by atoms with van der Waals surface area (Å²) in [6, 6.07) is 15.2. The van der Waals surface area contributed by atoms with Crippen LogP contribution in [0.25, 0.3) is 0 Å². The van der Waals surface area contributed by atoms with Crippen LogP contribution in [-0.4, -0.2) is 72.0 Å². The summed E-state index contributed by atoms with van der Waals surface area (Å²) in [5, 5.41) is 0. The lowest BCUT2D eigenvalue weighted by atomic mass is 10.1. The largest absolute Gasteiger partial charge is 0.492 e. The second kappa shape index (κ2) is 8.61. The van der Waals surface area contributed by atoms with Crippen molar-refractivity contribution in [3.05, 3.63) is 66.0 Å². The fourth-order valence-electron chi connectivity index (χ4n) is 3.83. The highest BCUT2D eigenvalue weighted by Gasteiger charge is 2.47. The van der Waals surface area contributed by atoms with Gasteiger partial charge in [0.15, 0.2) is 0 Å². The number of carbonyl (C=O) groups is 2. The summed E-state index contributed by atoms with van der Waals surface area (Å²) in [4.78, 5) is 30.7. The number of benzene rings is 2. The minimum absolute atomic E-state index is 0.116. The molecule has 2 aliphatic heterocycles. The number of carbonyl (C=O) groups excluding carboxylic acids is 2. The molecule has 7 heteroatoms. The maximum Gasteiger partial charge on any atom is 0.327 e. The van der Waals surface area contributed by atoms with E-state index >= 15 is 0 Å². The predicted octanol–water partition coefficient (Wildman–Crippen LogP) is 2.40. The van der Waals surface area contributed by atoms with Crippen LogP contribution < -0.4 is 4.74 Å². The molecule has 2 aromatic carbocycles. The molecule has 6 nitrogen and oxygen atoms in total. The molecule has 2 aromatic rings. The molecular weight excluding hydrogens is 373 g/mol. The fourth-order valence-corrected chi connectivity index (χ4v) is 3.83. The van der Waals surface area contributed by atoms with Crippen molar-refractivity contribution < 1.29 is 18.7 Å². The van der Waals surface area contributed by atoms with Gasteiger partial charge >= 0.3 is 6.03 Å². The van der Waals surface area contributed by atoms with Crippen LogP contribution in [0.4, 0.5) is 9.18 Å². The topological polar surface area (TPSA) is 53.1 Å². The second-order valence-corrected chi connectivity index (χ2v) is 7.32. The highest BCUT2D eigenvalue weighted by molar-refractivity contribution is 6.04. The van der Waals surface area contributed by atoms with Gasteiger partial charge in [-0.1, -0.05) is 30.3 Å². The van der Waals surface area contributed by atoms with Gasteiger partial charge in [-0.15, -0.1) is 0 Å². The van der Waals surface area contributed by atoms with Crippen LogP contribution in [0.5, 0.6) is 5.75 Å². The highest BCUT2D eigenvalue weighted by atomic mass is 19.1. The van der Waals surface area contributed by atoms with Gasteiger partial charge in [-0.05, 0) is 36.2 Å². The average Bonchev–Trinajstić information content (AvgIpc) is 2.98. The normalized spacial score (nSPS) is 19.6. The first-order valence-corrected chi connectivity index (χ1v) is 9.88. The molecule has 2 aliphatic rings. The number of imide groups is 1. The minimum Gasteiger partial charge on any atom is -0.492 e. The third-order valence-corrected chi connectivity index (χ3v) is 5.45. The molecule has 2 fully saturated rings. The number of ether oxygens (including phenoxy) is 1. The number of rotatable bonds is 7. The van der Waals surface area contributed by atoms with E-state index in [-0.39, 0.29) is 17.8 Å². The Morgan fingerprint density at radius 3 is 2.48 bits per heavy atom. The van der Waals surface area contributed by atoms with Gasteiger partial charge in [0.05, 0.1) is 0 Å². The van der Waals surface area contributed by atoms with Crippen LogP contribution >= 0.6 is 0 Å². The van der Waals surface area contributed by atoms with E-state index < -0.39 is 6.04 Å². The SMILES string of the molecule is O=C1C2CN(CCOc3ccc(F)cc3)CCN2C(=O)N1CCc1ccccc1. The number of fused-ring (bicyclic) bond motifs is 1. The van der Waals surface area contributed by atoms with E-state index in [1.54, 1.807) is 17.0 Å². The summed E-state index contributed by atoms with van der Waals surface area (Å²) < 4.78 is 18.6. The van der Waals surface area contributed by atoms with E-state index in [9.17, 15) is 14.0 Å². The third kappa shape index (κ3) is 4.40. The van der Waals surface area contributed by atoms with Crippen molar-refractivity contribution in [2.75, 3.05) is 39.3 Å². The summed E-state index contributed by atoms with van der Waals surface area (Å²) in [7, 11) is 0. The van der Waals surface area contributed by atoms with Crippen molar-refractivity contribution in [3.63, 3.8) is 0 Å². The lowest BCUT2D eigenvalue weighted by Gasteiger charge is -2.35. The average molecular weight is 397 g/mol. The highest BCUT2D eigenvalue weighted by Crippen LogP contribution is 2.22. The van der Waals surface area contributed by atoms with Gasteiger partial charge in [-0.2, -0.15) is 0 Å². The molecule has 4 rings (SSSR count). The van der Waals surface area contributed by atoms with Crippen molar-refractivity contribution in [2.45, 2.75) is 12.5 Å². The number of halogens is 1. The second-order valence-electron chi connectivity index (χ2n) is 7.32. The molecule has 29 heavy (non-hydrogen) atoms. The van der Waals surface area contributed by atoms with Gasteiger partial charge in [0.2, 0.25) is 0 Å². The molecule has 152 valence electrons. The molecule has 0 radical (unpaired) electrons. The summed E-state index contributed by atoms with van der Waals surface area (Å²) in [6.45, 7) is 3.25. The molecule has 0 saturated carbocycles. The Hall–Kier alpha value is -2.93. The van der Waals surface area contributed by atoms with Crippen molar-refractivity contribution in [3.8, 4) is 5.75 Å². The maximum atomic E-state index is 12.9. The number of piperazine rings is 1. The van der Waals surface area contributed by atoms with Crippen LogP contribution in [0.2, 0.25) is 0 Å². The quantitative estimate of drug-likeness (QED) is 0.674. The lowest BCUT2D eigenvalue weighted by molar-refractivity contribution is -0.129. The predicted molar refractivity (Wildman–Crippen MR) is 106 cm³/mol. The Balaban J connectivity index is 1.28. The molecular formula is C22H24FN3O3.